The molecule has 0 aliphatic carbocycles. The number of benzene rings is 3. The van der Waals surface area contributed by atoms with E-state index < -0.39 is 23.0 Å². The molecule has 4 N–H and O–H groups in total. The number of hydrogen-bond donors (Lipinski definition) is 3. The largest absolute Gasteiger partial charge is 0.480 e. The summed E-state index contributed by atoms with van der Waals surface area (Å²) in [4.78, 5) is 16.8. The second-order valence-electron chi connectivity index (χ2n) is 8.21. The Morgan fingerprint density at radius 2 is 1.67 bits per heavy atom. The Labute approximate surface area is 197 Å². The van der Waals surface area contributed by atoms with Gasteiger partial charge in [0.2, 0.25) is 0 Å². The molecule has 3 aromatic carbocycles. The molecule has 172 valence electrons. The quantitative estimate of drug-likeness (QED) is 0.335. The molecule has 0 fully saturated rings. The zero-order valence-corrected chi connectivity index (χ0v) is 20.1. The Morgan fingerprint density at radius 1 is 1.03 bits per heavy atom. The van der Waals surface area contributed by atoms with Gasteiger partial charge in [-0.25, -0.2) is 13.9 Å². The predicted molar refractivity (Wildman–Crippen MR) is 134 cm³/mol. The van der Waals surface area contributed by atoms with Gasteiger partial charge in [0.05, 0.1) is 16.4 Å². The SMILES string of the molecule is CC(N)=Nc1cccc(-c2ccc(CC(NS(=O)c3c(C)cc(C)cc3C)C(=O)O)cc2)c1. The second-order valence-corrected chi connectivity index (χ2v) is 9.39. The van der Waals surface area contributed by atoms with Gasteiger partial charge in [0.25, 0.3) is 0 Å². The minimum absolute atomic E-state index is 0.210. The van der Waals surface area contributed by atoms with Crippen LogP contribution in [0.2, 0.25) is 0 Å². The van der Waals surface area contributed by atoms with Crippen LogP contribution in [0.5, 0.6) is 0 Å². The summed E-state index contributed by atoms with van der Waals surface area (Å²) in [5.74, 6) is -0.555. The fourth-order valence-corrected chi connectivity index (χ4v) is 5.12. The van der Waals surface area contributed by atoms with Crippen molar-refractivity contribution < 1.29 is 14.1 Å². The molecule has 0 aliphatic heterocycles. The van der Waals surface area contributed by atoms with Gasteiger partial charge in [-0.2, -0.15) is 0 Å². The highest BCUT2D eigenvalue weighted by Crippen LogP contribution is 2.25. The van der Waals surface area contributed by atoms with Gasteiger partial charge in [0.1, 0.15) is 17.0 Å². The monoisotopic (exact) mass is 463 g/mol. The van der Waals surface area contributed by atoms with E-state index in [-0.39, 0.29) is 6.42 Å². The number of hydrogen-bond acceptors (Lipinski definition) is 3. The van der Waals surface area contributed by atoms with Crippen molar-refractivity contribution in [3.8, 4) is 11.1 Å². The summed E-state index contributed by atoms with van der Waals surface area (Å²) in [6, 6.07) is 18.3. The molecule has 3 aromatic rings. The highest BCUT2D eigenvalue weighted by Gasteiger charge is 2.22. The fourth-order valence-electron chi connectivity index (χ4n) is 3.85. The number of carbonyl (C=O) groups is 1. The number of nitrogens with zero attached hydrogens (tertiary/aromatic N) is 1. The van der Waals surface area contributed by atoms with Crippen LogP contribution in [0.4, 0.5) is 5.69 Å². The Kier molecular flexibility index (Phi) is 7.79. The van der Waals surface area contributed by atoms with Crippen LogP contribution in [-0.2, 0) is 22.2 Å². The molecular weight excluding hydrogens is 434 g/mol. The minimum Gasteiger partial charge on any atom is -0.480 e. The van der Waals surface area contributed by atoms with Crippen molar-refractivity contribution in [3.63, 3.8) is 0 Å². The molecule has 7 heteroatoms. The maximum absolute atomic E-state index is 13.0. The summed E-state index contributed by atoms with van der Waals surface area (Å²) in [5.41, 5.74) is 12.1. The van der Waals surface area contributed by atoms with Crippen LogP contribution >= 0.6 is 0 Å². The van der Waals surface area contributed by atoms with Crippen molar-refractivity contribution in [1.29, 1.82) is 0 Å². The lowest BCUT2D eigenvalue weighted by atomic mass is 10.0. The van der Waals surface area contributed by atoms with E-state index in [4.69, 9.17) is 5.73 Å². The molecule has 0 spiro atoms. The number of nitrogens with one attached hydrogen (secondary N) is 1. The number of aryl methyl sites for hydroxylation is 3. The molecule has 0 saturated heterocycles. The molecule has 0 heterocycles. The number of aliphatic carboxylic acids is 1. The van der Waals surface area contributed by atoms with Gasteiger partial charge in [0, 0.05) is 0 Å². The number of nitrogens with two attached hydrogens (primary N) is 1. The average Bonchev–Trinajstić information content (AvgIpc) is 2.72. The molecule has 0 radical (unpaired) electrons. The summed E-state index contributed by atoms with van der Waals surface area (Å²) in [7, 11) is -1.63. The molecule has 0 aromatic heterocycles. The first-order valence-electron chi connectivity index (χ1n) is 10.6. The molecule has 0 saturated carbocycles. The number of aliphatic imine (C=N–C) groups is 1. The van der Waals surface area contributed by atoms with Gasteiger partial charge in [-0.15, -0.1) is 0 Å². The van der Waals surface area contributed by atoms with Gasteiger partial charge in [-0.05, 0) is 74.1 Å². The van der Waals surface area contributed by atoms with E-state index in [1.165, 1.54) is 0 Å². The standard InChI is InChI=1S/C26H29N3O3S/c1-16-12-17(2)25(18(3)13-16)33(32)29-24(26(30)31)14-20-8-10-21(11-9-20)22-6-5-7-23(15-22)28-19(4)27/h5-13,15,24,29H,14H2,1-4H3,(H2,27,28)(H,30,31). The summed E-state index contributed by atoms with van der Waals surface area (Å²) >= 11 is 0. The van der Waals surface area contributed by atoms with E-state index in [0.29, 0.717) is 10.7 Å². The molecule has 3 rings (SSSR count). The van der Waals surface area contributed by atoms with E-state index in [1.807, 2.05) is 81.4 Å². The van der Waals surface area contributed by atoms with Crippen LogP contribution in [0.15, 0.2) is 70.6 Å². The van der Waals surface area contributed by atoms with Crippen molar-refractivity contribution in [2.75, 3.05) is 0 Å². The highest BCUT2D eigenvalue weighted by atomic mass is 32.2. The lowest BCUT2D eigenvalue weighted by Crippen LogP contribution is -2.39. The van der Waals surface area contributed by atoms with Gasteiger partial charge in [-0.3, -0.25) is 4.79 Å². The Hall–Kier alpha value is -3.29. The zero-order chi connectivity index (χ0) is 24.1. The zero-order valence-electron chi connectivity index (χ0n) is 19.3. The lowest BCUT2D eigenvalue weighted by molar-refractivity contribution is -0.138. The Balaban J connectivity index is 1.76. The third kappa shape index (κ3) is 6.37. The molecule has 33 heavy (non-hydrogen) atoms. The van der Waals surface area contributed by atoms with Gasteiger partial charge in [0.15, 0.2) is 0 Å². The van der Waals surface area contributed by atoms with E-state index in [0.717, 1.165) is 39.1 Å². The van der Waals surface area contributed by atoms with Crippen LogP contribution in [0.25, 0.3) is 11.1 Å². The first kappa shape index (κ1) is 24.4. The molecule has 0 amide bonds. The molecule has 0 bridgehead atoms. The summed E-state index contributed by atoms with van der Waals surface area (Å²) in [6.45, 7) is 7.49. The lowest BCUT2D eigenvalue weighted by Gasteiger charge is -2.17. The molecular formula is C26H29N3O3S. The Morgan fingerprint density at radius 3 is 2.24 bits per heavy atom. The number of carboxylic acid groups (broad SMARTS) is 1. The minimum atomic E-state index is -1.63. The summed E-state index contributed by atoms with van der Waals surface area (Å²) in [6.07, 6.45) is 0.210. The van der Waals surface area contributed by atoms with Crippen molar-refractivity contribution in [2.45, 2.75) is 45.1 Å². The third-order valence-electron chi connectivity index (χ3n) is 5.22. The highest BCUT2D eigenvalue weighted by molar-refractivity contribution is 7.83. The van der Waals surface area contributed by atoms with Crippen LogP contribution in [0, 0.1) is 20.8 Å². The maximum Gasteiger partial charge on any atom is 0.321 e. The van der Waals surface area contributed by atoms with Gasteiger partial charge < -0.3 is 10.8 Å². The van der Waals surface area contributed by atoms with Crippen molar-refractivity contribution in [1.82, 2.24) is 4.72 Å². The smallest absolute Gasteiger partial charge is 0.321 e. The van der Waals surface area contributed by atoms with Crippen LogP contribution in [0.1, 0.15) is 29.2 Å². The third-order valence-corrected chi connectivity index (χ3v) is 6.73. The first-order chi connectivity index (χ1) is 15.6. The van der Waals surface area contributed by atoms with Gasteiger partial charge >= 0.3 is 5.97 Å². The van der Waals surface area contributed by atoms with Crippen LogP contribution in [0.3, 0.4) is 0 Å². The van der Waals surface area contributed by atoms with Gasteiger partial charge in [-0.1, -0.05) is 54.1 Å². The summed E-state index contributed by atoms with van der Waals surface area (Å²) < 4.78 is 15.8. The fraction of sp³-hybridized carbons (Fsp3) is 0.231. The van der Waals surface area contributed by atoms with Crippen molar-refractivity contribution in [2.24, 2.45) is 10.7 Å². The molecule has 2 atom stereocenters. The normalized spacial score (nSPS) is 13.5. The topological polar surface area (TPSA) is 105 Å². The van der Waals surface area contributed by atoms with E-state index in [1.54, 1.807) is 6.92 Å². The van der Waals surface area contributed by atoms with Crippen LogP contribution in [-0.4, -0.2) is 27.2 Å². The molecule has 6 nitrogen and oxygen atoms in total. The number of amidine groups is 1. The van der Waals surface area contributed by atoms with Crippen molar-refractivity contribution in [3.05, 3.63) is 82.9 Å². The van der Waals surface area contributed by atoms with Crippen LogP contribution < -0.4 is 10.5 Å². The number of carboxylic acids is 1. The summed E-state index contributed by atoms with van der Waals surface area (Å²) in [5, 5.41) is 9.73. The second kappa shape index (κ2) is 10.6. The average molecular weight is 464 g/mol. The van der Waals surface area contributed by atoms with E-state index >= 15 is 0 Å². The van der Waals surface area contributed by atoms with E-state index in [2.05, 4.69) is 9.71 Å². The predicted octanol–water partition coefficient (Wildman–Crippen LogP) is 4.60. The molecule has 2 unspecified atom stereocenters. The van der Waals surface area contributed by atoms with E-state index in [9.17, 15) is 14.1 Å². The number of rotatable bonds is 8. The molecule has 0 aliphatic rings. The maximum atomic E-state index is 13.0. The first-order valence-corrected chi connectivity index (χ1v) is 11.8. The van der Waals surface area contributed by atoms with Crippen molar-refractivity contribution >= 4 is 28.5 Å². The Bertz CT molecular complexity index is 1190.